The van der Waals surface area contributed by atoms with Gasteiger partial charge in [-0.05, 0) is 44.2 Å². The summed E-state index contributed by atoms with van der Waals surface area (Å²) < 4.78 is 5.09. The molecule has 18 heavy (non-hydrogen) atoms. The van der Waals surface area contributed by atoms with Gasteiger partial charge in [-0.1, -0.05) is 11.6 Å². The lowest BCUT2D eigenvalue weighted by Crippen LogP contribution is -2.06. The Labute approximate surface area is 108 Å². The van der Waals surface area contributed by atoms with Gasteiger partial charge in [-0.15, -0.1) is 0 Å². The molecule has 0 amide bonds. The van der Waals surface area contributed by atoms with E-state index in [1.807, 2.05) is 12.1 Å². The normalized spacial score (nSPS) is 15.1. The molecule has 1 aromatic heterocycles. The van der Waals surface area contributed by atoms with E-state index in [-0.39, 0.29) is 0 Å². The third-order valence-electron chi connectivity index (χ3n) is 3.22. The van der Waals surface area contributed by atoms with Crippen LogP contribution in [0.3, 0.4) is 0 Å². The fourth-order valence-corrected chi connectivity index (χ4v) is 2.20. The molecule has 2 rings (SSSR count). The predicted molar refractivity (Wildman–Crippen MR) is 74.9 cm³/mol. The van der Waals surface area contributed by atoms with Gasteiger partial charge in [0.1, 0.15) is 5.82 Å². The molecule has 1 aliphatic rings. The van der Waals surface area contributed by atoms with Gasteiger partial charge in [-0.2, -0.15) is 4.98 Å². The highest BCUT2D eigenvalue weighted by atomic mass is 16.5. The first-order valence-corrected chi connectivity index (χ1v) is 6.52. The van der Waals surface area contributed by atoms with E-state index in [2.05, 4.69) is 16.4 Å². The number of hydrogen-bond donors (Lipinski definition) is 2. The number of nitrogens with two attached hydrogens (primary N) is 1. The Morgan fingerprint density at radius 2 is 2.28 bits per heavy atom. The average Bonchev–Trinajstić information content (AvgIpc) is 2.42. The zero-order valence-electron chi connectivity index (χ0n) is 10.9. The molecule has 98 valence electrons. The second-order valence-electron chi connectivity index (χ2n) is 4.58. The molecule has 4 nitrogen and oxygen atoms in total. The van der Waals surface area contributed by atoms with E-state index in [1.54, 1.807) is 12.7 Å². The third-order valence-corrected chi connectivity index (χ3v) is 3.22. The first kappa shape index (κ1) is 12.7. The van der Waals surface area contributed by atoms with Gasteiger partial charge in [0.25, 0.3) is 0 Å². The van der Waals surface area contributed by atoms with E-state index >= 15 is 0 Å². The summed E-state index contributed by atoms with van der Waals surface area (Å²) in [5, 5.41) is 3.31. The standard InChI is InChI=1S/C14H21N3O/c1-18-14-12(15)7-8-13(17-14)16-10-9-11-5-3-2-4-6-11/h5,7-8H,2-4,6,9-10,15H2,1H3,(H,16,17). The van der Waals surface area contributed by atoms with E-state index < -0.39 is 0 Å². The Balaban J connectivity index is 1.84. The van der Waals surface area contributed by atoms with Gasteiger partial charge in [0.2, 0.25) is 5.88 Å². The number of rotatable bonds is 5. The molecule has 0 aliphatic heterocycles. The number of nitrogen functional groups attached to an aromatic ring is 1. The molecule has 0 saturated heterocycles. The van der Waals surface area contributed by atoms with Gasteiger partial charge < -0.3 is 15.8 Å². The van der Waals surface area contributed by atoms with Crippen LogP contribution in [0.5, 0.6) is 5.88 Å². The SMILES string of the molecule is COc1nc(NCCC2=CCCCC2)ccc1N. The molecule has 3 N–H and O–H groups in total. The number of nitrogens with one attached hydrogen (secondary N) is 1. The Hall–Kier alpha value is -1.71. The van der Waals surface area contributed by atoms with Crippen molar-refractivity contribution < 1.29 is 4.74 Å². The van der Waals surface area contributed by atoms with E-state index in [0.29, 0.717) is 11.6 Å². The Bertz CT molecular complexity index is 429. The quantitative estimate of drug-likeness (QED) is 0.785. The summed E-state index contributed by atoms with van der Waals surface area (Å²) in [6, 6.07) is 3.70. The molecule has 1 aliphatic carbocycles. The maximum Gasteiger partial charge on any atom is 0.238 e. The summed E-state index contributed by atoms with van der Waals surface area (Å²) in [6.45, 7) is 0.909. The van der Waals surface area contributed by atoms with Crippen molar-refractivity contribution in [1.29, 1.82) is 0 Å². The van der Waals surface area contributed by atoms with Crippen molar-refractivity contribution in [3.8, 4) is 5.88 Å². The molecule has 0 saturated carbocycles. The van der Waals surface area contributed by atoms with Crippen LogP contribution in [0.2, 0.25) is 0 Å². The van der Waals surface area contributed by atoms with Crippen molar-refractivity contribution in [2.75, 3.05) is 24.7 Å². The summed E-state index contributed by atoms with van der Waals surface area (Å²) in [5.41, 5.74) is 7.85. The van der Waals surface area contributed by atoms with Crippen LogP contribution in [0, 0.1) is 0 Å². The lowest BCUT2D eigenvalue weighted by molar-refractivity contribution is 0.401. The molecule has 4 heteroatoms. The number of anilines is 2. The van der Waals surface area contributed by atoms with Crippen LogP contribution in [0.1, 0.15) is 32.1 Å². The van der Waals surface area contributed by atoms with Crippen LogP contribution >= 0.6 is 0 Å². The minimum Gasteiger partial charge on any atom is -0.479 e. The number of nitrogens with zero attached hydrogens (tertiary/aromatic N) is 1. The molecule has 0 atom stereocenters. The highest BCUT2D eigenvalue weighted by molar-refractivity contribution is 5.53. The van der Waals surface area contributed by atoms with Crippen molar-refractivity contribution in [1.82, 2.24) is 4.98 Å². The molecule has 1 aromatic rings. The summed E-state index contributed by atoms with van der Waals surface area (Å²) in [6.07, 6.45) is 8.63. The lowest BCUT2D eigenvalue weighted by atomic mass is 9.97. The zero-order chi connectivity index (χ0) is 12.8. The van der Waals surface area contributed by atoms with E-state index in [0.717, 1.165) is 18.8 Å². The highest BCUT2D eigenvalue weighted by Gasteiger charge is 2.05. The van der Waals surface area contributed by atoms with Crippen LogP contribution in [0.15, 0.2) is 23.8 Å². The third kappa shape index (κ3) is 3.39. The fourth-order valence-electron chi connectivity index (χ4n) is 2.20. The van der Waals surface area contributed by atoms with Crippen molar-refractivity contribution >= 4 is 11.5 Å². The number of methoxy groups -OCH3 is 1. The summed E-state index contributed by atoms with van der Waals surface area (Å²) in [7, 11) is 1.58. The van der Waals surface area contributed by atoms with Gasteiger partial charge in [-0.25, -0.2) is 0 Å². The fraction of sp³-hybridized carbons (Fsp3) is 0.500. The smallest absolute Gasteiger partial charge is 0.238 e. The van der Waals surface area contributed by atoms with Crippen molar-refractivity contribution in [3.63, 3.8) is 0 Å². The second-order valence-corrected chi connectivity index (χ2v) is 4.58. The number of ether oxygens (including phenoxy) is 1. The average molecular weight is 247 g/mol. The minimum atomic E-state index is 0.483. The highest BCUT2D eigenvalue weighted by Crippen LogP contribution is 2.22. The van der Waals surface area contributed by atoms with Gasteiger partial charge in [0.05, 0.1) is 12.8 Å². The summed E-state index contributed by atoms with van der Waals surface area (Å²) >= 11 is 0. The molecule has 1 heterocycles. The maximum absolute atomic E-state index is 5.72. The van der Waals surface area contributed by atoms with E-state index in [4.69, 9.17) is 10.5 Å². The van der Waals surface area contributed by atoms with Gasteiger partial charge in [-0.3, -0.25) is 0 Å². The van der Waals surface area contributed by atoms with Gasteiger partial charge >= 0.3 is 0 Å². The largest absolute Gasteiger partial charge is 0.479 e. The first-order valence-electron chi connectivity index (χ1n) is 6.52. The topological polar surface area (TPSA) is 60.2 Å². The Morgan fingerprint density at radius 3 is 3.00 bits per heavy atom. The van der Waals surface area contributed by atoms with Crippen LogP contribution in [0.25, 0.3) is 0 Å². The van der Waals surface area contributed by atoms with Crippen molar-refractivity contribution in [3.05, 3.63) is 23.8 Å². The van der Waals surface area contributed by atoms with E-state index in [1.165, 1.54) is 25.7 Å². The van der Waals surface area contributed by atoms with E-state index in [9.17, 15) is 0 Å². The lowest BCUT2D eigenvalue weighted by Gasteiger charge is -2.13. The predicted octanol–water partition coefficient (Wildman–Crippen LogP) is 2.97. The maximum atomic E-state index is 5.72. The Kier molecular flexibility index (Phi) is 4.45. The molecule has 0 aromatic carbocycles. The second kappa shape index (κ2) is 6.28. The summed E-state index contributed by atoms with van der Waals surface area (Å²) in [4.78, 5) is 4.30. The number of hydrogen-bond acceptors (Lipinski definition) is 4. The minimum absolute atomic E-state index is 0.483. The molecule has 0 unspecified atom stereocenters. The van der Waals surface area contributed by atoms with Crippen LogP contribution in [-0.4, -0.2) is 18.6 Å². The van der Waals surface area contributed by atoms with Gasteiger partial charge in [0, 0.05) is 6.54 Å². The van der Waals surface area contributed by atoms with Crippen molar-refractivity contribution in [2.45, 2.75) is 32.1 Å². The van der Waals surface area contributed by atoms with Crippen LogP contribution in [0.4, 0.5) is 11.5 Å². The molecule has 0 spiro atoms. The molecule has 0 bridgehead atoms. The van der Waals surface area contributed by atoms with Crippen LogP contribution in [-0.2, 0) is 0 Å². The van der Waals surface area contributed by atoms with Gasteiger partial charge in [0.15, 0.2) is 0 Å². The molecule has 0 radical (unpaired) electrons. The van der Waals surface area contributed by atoms with Crippen molar-refractivity contribution in [2.24, 2.45) is 0 Å². The zero-order valence-corrected chi connectivity index (χ0v) is 10.9. The number of allylic oxidation sites excluding steroid dienone is 1. The Morgan fingerprint density at radius 1 is 1.39 bits per heavy atom. The molecule has 0 fully saturated rings. The molecular formula is C14H21N3O. The molecular weight excluding hydrogens is 226 g/mol. The summed E-state index contributed by atoms with van der Waals surface area (Å²) in [5.74, 6) is 1.30. The number of aromatic nitrogens is 1. The number of pyridine rings is 1. The first-order chi connectivity index (χ1) is 8.79. The van der Waals surface area contributed by atoms with Crippen LogP contribution < -0.4 is 15.8 Å². The monoisotopic (exact) mass is 247 g/mol.